The predicted octanol–water partition coefficient (Wildman–Crippen LogP) is 3.60. The van der Waals surface area contributed by atoms with Crippen molar-refractivity contribution in [1.29, 1.82) is 0 Å². The molecule has 1 aromatic carbocycles. The van der Waals surface area contributed by atoms with Gasteiger partial charge in [-0.25, -0.2) is 4.98 Å². The Hall–Kier alpha value is -1.03. The molecule has 0 amide bonds. The Morgan fingerprint density at radius 2 is 2.12 bits per heavy atom. The summed E-state index contributed by atoms with van der Waals surface area (Å²) in [6.07, 6.45) is 1.63. The maximum atomic E-state index is 6.18. The molecule has 0 aliphatic carbocycles. The highest BCUT2D eigenvalue weighted by Crippen LogP contribution is 2.29. The molecule has 0 aliphatic rings. The van der Waals surface area contributed by atoms with Crippen molar-refractivity contribution in [1.82, 2.24) is 10.3 Å². The zero-order chi connectivity index (χ0) is 12.4. The van der Waals surface area contributed by atoms with Crippen LogP contribution in [0.15, 0.2) is 28.9 Å². The highest BCUT2D eigenvalue weighted by molar-refractivity contribution is 6.35. The quantitative estimate of drug-likeness (QED) is 0.926. The Morgan fingerprint density at radius 3 is 2.65 bits per heavy atom. The monoisotopic (exact) mass is 270 g/mol. The van der Waals surface area contributed by atoms with Gasteiger partial charge in [0.15, 0.2) is 5.89 Å². The van der Waals surface area contributed by atoms with Crippen LogP contribution in [0.25, 0.3) is 0 Å². The Balaban J connectivity index is 2.42. The first kappa shape index (κ1) is 12.4. The SMILES string of the molecule is CNC(c1coc(C)n1)c1ccc(Cl)cc1Cl. The number of nitrogens with one attached hydrogen (secondary N) is 1. The van der Waals surface area contributed by atoms with Gasteiger partial charge in [-0.2, -0.15) is 0 Å². The van der Waals surface area contributed by atoms with Gasteiger partial charge in [0.05, 0.1) is 6.04 Å². The summed E-state index contributed by atoms with van der Waals surface area (Å²) in [5.41, 5.74) is 1.72. The number of halogens is 2. The number of aryl methyl sites for hydroxylation is 1. The largest absolute Gasteiger partial charge is 0.449 e. The van der Waals surface area contributed by atoms with Gasteiger partial charge < -0.3 is 9.73 Å². The predicted molar refractivity (Wildman–Crippen MR) is 68.6 cm³/mol. The van der Waals surface area contributed by atoms with Crippen molar-refractivity contribution in [3.8, 4) is 0 Å². The maximum Gasteiger partial charge on any atom is 0.191 e. The van der Waals surface area contributed by atoms with Gasteiger partial charge in [0.1, 0.15) is 12.0 Å². The summed E-state index contributed by atoms with van der Waals surface area (Å²) in [7, 11) is 1.85. The average Bonchev–Trinajstić information content (AvgIpc) is 2.69. The first-order valence-electron chi connectivity index (χ1n) is 5.16. The van der Waals surface area contributed by atoms with Crippen LogP contribution in [0.5, 0.6) is 0 Å². The van der Waals surface area contributed by atoms with E-state index in [-0.39, 0.29) is 6.04 Å². The third-order valence-electron chi connectivity index (χ3n) is 2.49. The molecule has 1 N–H and O–H groups in total. The van der Waals surface area contributed by atoms with E-state index >= 15 is 0 Å². The molecule has 1 atom stereocenters. The van der Waals surface area contributed by atoms with Gasteiger partial charge in [-0.15, -0.1) is 0 Å². The molecule has 1 unspecified atom stereocenters. The summed E-state index contributed by atoms with van der Waals surface area (Å²) < 4.78 is 5.21. The lowest BCUT2D eigenvalue weighted by Gasteiger charge is -2.15. The number of hydrogen-bond donors (Lipinski definition) is 1. The first-order chi connectivity index (χ1) is 8.11. The molecular weight excluding hydrogens is 259 g/mol. The van der Waals surface area contributed by atoms with Crippen LogP contribution in [0.2, 0.25) is 10.0 Å². The van der Waals surface area contributed by atoms with E-state index in [4.69, 9.17) is 27.6 Å². The van der Waals surface area contributed by atoms with Crippen LogP contribution < -0.4 is 5.32 Å². The van der Waals surface area contributed by atoms with Crippen LogP contribution in [0, 0.1) is 6.92 Å². The van der Waals surface area contributed by atoms with E-state index in [9.17, 15) is 0 Å². The van der Waals surface area contributed by atoms with Crippen molar-refractivity contribution in [2.24, 2.45) is 0 Å². The van der Waals surface area contributed by atoms with Crippen LogP contribution >= 0.6 is 23.2 Å². The van der Waals surface area contributed by atoms with Gasteiger partial charge >= 0.3 is 0 Å². The Bertz CT molecular complexity index is 525. The van der Waals surface area contributed by atoms with Crippen LogP contribution in [-0.2, 0) is 0 Å². The molecule has 2 aromatic rings. The van der Waals surface area contributed by atoms with Crippen molar-refractivity contribution >= 4 is 23.2 Å². The second-order valence-electron chi connectivity index (χ2n) is 3.68. The molecule has 0 saturated carbocycles. The standard InChI is InChI=1S/C12H12Cl2N2O/c1-7-16-11(6-17-7)12(15-2)9-4-3-8(13)5-10(9)14/h3-6,12,15H,1-2H3. The van der Waals surface area contributed by atoms with Crippen LogP contribution in [0.3, 0.4) is 0 Å². The van der Waals surface area contributed by atoms with Gasteiger partial charge in [0, 0.05) is 17.0 Å². The number of oxazole rings is 1. The van der Waals surface area contributed by atoms with Crippen molar-refractivity contribution < 1.29 is 4.42 Å². The molecule has 0 spiro atoms. The summed E-state index contributed by atoms with van der Waals surface area (Å²) in [6.45, 7) is 1.81. The molecule has 3 nitrogen and oxygen atoms in total. The molecule has 0 saturated heterocycles. The third kappa shape index (κ3) is 2.63. The summed E-state index contributed by atoms with van der Waals surface area (Å²) in [4.78, 5) is 4.30. The Kier molecular flexibility index (Phi) is 3.72. The maximum absolute atomic E-state index is 6.18. The molecule has 5 heteroatoms. The zero-order valence-corrected chi connectivity index (χ0v) is 11.0. The molecule has 0 radical (unpaired) electrons. The summed E-state index contributed by atoms with van der Waals surface area (Å²) in [5.74, 6) is 0.630. The van der Waals surface area contributed by atoms with E-state index in [1.807, 2.05) is 13.1 Å². The summed E-state index contributed by atoms with van der Waals surface area (Å²) in [6, 6.07) is 5.31. The number of rotatable bonds is 3. The minimum Gasteiger partial charge on any atom is -0.449 e. The van der Waals surface area contributed by atoms with E-state index in [0.29, 0.717) is 15.9 Å². The van der Waals surface area contributed by atoms with Gasteiger partial charge in [0.25, 0.3) is 0 Å². The normalized spacial score (nSPS) is 12.7. The molecule has 1 aromatic heterocycles. The minimum absolute atomic E-state index is 0.0998. The van der Waals surface area contributed by atoms with Crippen LogP contribution in [-0.4, -0.2) is 12.0 Å². The fourth-order valence-corrected chi connectivity index (χ4v) is 2.23. The summed E-state index contributed by atoms with van der Waals surface area (Å²) >= 11 is 12.1. The number of benzene rings is 1. The fraction of sp³-hybridized carbons (Fsp3) is 0.250. The van der Waals surface area contributed by atoms with E-state index in [0.717, 1.165) is 11.3 Å². The molecule has 0 aliphatic heterocycles. The molecule has 90 valence electrons. The topological polar surface area (TPSA) is 38.1 Å². The van der Waals surface area contributed by atoms with Crippen molar-refractivity contribution in [3.63, 3.8) is 0 Å². The molecular formula is C12H12Cl2N2O. The number of hydrogen-bond acceptors (Lipinski definition) is 3. The lowest BCUT2D eigenvalue weighted by Crippen LogP contribution is -2.18. The zero-order valence-electron chi connectivity index (χ0n) is 9.50. The molecule has 2 rings (SSSR count). The second-order valence-corrected chi connectivity index (χ2v) is 4.52. The number of nitrogens with zero attached hydrogens (tertiary/aromatic N) is 1. The highest BCUT2D eigenvalue weighted by Gasteiger charge is 2.18. The van der Waals surface area contributed by atoms with Gasteiger partial charge in [0.2, 0.25) is 0 Å². The van der Waals surface area contributed by atoms with Crippen LogP contribution in [0.1, 0.15) is 23.2 Å². The third-order valence-corrected chi connectivity index (χ3v) is 3.06. The lowest BCUT2D eigenvalue weighted by atomic mass is 10.0. The van der Waals surface area contributed by atoms with E-state index < -0.39 is 0 Å². The van der Waals surface area contributed by atoms with Gasteiger partial charge in [-0.1, -0.05) is 29.3 Å². The summed E-state index contributed by atoms with van der Waals surface area (Å²) in [5, 5.41) is 4.38. The van der Waals surface area contributed by atoms with Gasteiger partial charge in [-0.3, -0.25) is 0 Å². The molecule has 1 heterocycles. The highest BCUT2D eigenvalue weighted by atomic mass is 35.5. The number of aromatic nitrogens is 1. The minimum atomic E-state index is -0.0998. The van der Waals surface area contributed by atoms with Gasteiger partial charge in [-0.05, 0) is 24.7 Å². The van der Waals surface area contributed by atoms with Crippen LogP contribution in [0.4, 0.5) is 0 Å². The van der Waals surface area contributed by atoms with Crippen molar-refractivity contribution in [3.05, 3.63) is 51.7 Å². The first-order valence-corrected chi connectivity index (χ1v) is 5.91. The second kappa shape index (κ2) is 5.08. The lowest BCUT2D eigenvalue weighted by molar-refractivity contribution is 0.519. The van der Waals surface area contributed by atoms with Crippen molar-refractivity contribution in [2.75, 3.05) is 7.05 Å². The molecule has 17 heavy (non-hydrogen) atoms. The average molecular weight is 271 g/mol. The van der Waals surface area contributed by atoms with E-state index in [1.165, 1.54) is 0 Å². The smallest absolute Gasteiger partial charge is 0.191 e. The Labute approximate surface area is 110 Å². The Morgan fingerprint density at radius 1 is 1.35 bits per heavy atom. The molecule has 0 fully saturated rings. The van der Waals surface area contributed by atoms with Crippen molar-refractivity contribution in [2.45, 2.75) is 13.0 Å². The molecule has 0 bridgehead atoms. The fourth-order valence-electron chi connectivity index (χ4n) is 1.71. The van der Waals surface area contributed by atoms with E-state index in [2.05, 4.69) is 10.3 Å². The van der Waals surface area contributed by atoms with E-state index in [1.54, 1.807) is 25.3 Å².